The molecule has 1 atom stereocenters. The molecule has 1 saturated heterocycles. The summed E-state index contributed by atoms with van der Waals surface area (Å²) >= 11 is 0. The van der Waals surface area contributed by atoms with Crippen LogP contribution in [-0.2, 0) is 10.0 Å². The molecule has 0 N–H and O–H groups in total. The highest BCUT2D eigenvalue weighted by molar-refractivity contribution is 7.89. The van der Waals surface area contributed by atoms with Crippen molar-refractivity contribution in [3.8, 4) is 17.1 Å². The monoisotopic (exact) mass is 414 g/mol. The molecule has 0 radical (unpaired) electrons. The summed E-state index contributed by atoms with van der Waals surface area (Å²) in [4.78, 5) is 9.36. The number of methoxy groups -OCH3 is 1. The largest absolute Gasteiger partial charge is 0.497 e. The third kappa shape index (κ3) is 3.86. The first-order chi connectivity index (χ1) is 14.0. The Labute approximate surface area is 171 Å². The molecule has 1 fully saturated rings. The van der Waals surface area contributed by atoms with E-state index in [0.717, 1.165) is 41.1 Å². The molecule has 154 valence electrons. The summed E-state index contributed by atoms with van der Waals surface area (Å²) in [5.74, 6) is 1.80. The molecule has 0 aliphatic carbocycles. The van der Waals surface area contributed by atoms with Gasteiger partial charge in [0.1, 0.15) is 17.1 Å². The van der Waals surface area contributed by atoms with Gasteiger partial charge < -0.3 is 9.30 Å². The quantitative estimate of drug-likeness (QED) is 0.591. The molecule has 0 spiro atoms. The van der Waals surface area contributed by atoms with Gasteiger partial charge >= 0.3 is 0 Å². The number of pyridine rings is 1. The van der Waals surface area contributed by atoms with Crippen LogP contribution in [0.4, 0.5) is 0 Å². The minimum absolute atomic E-state index is 0.00315. The molecule has 0 saturated carbocycles. The summed E-state index contributed by atoms with van der Waals surface area (Å²) in [6.07, 6.45) is 4.06. The van der Waals surface area contributed by atoms with E-state index in [1.165, 1.54) is 0 Å². The lowest BCUT2D eigenvalue weighted by molar-refractivity contribution is 0.415. The zero-order valence-corrected chi connectivity index (χ0v) is 17.6. The van der Waals surface area contributed by atoms with Crippen molar-refractivity contribution in [1.29, 1.82) is 0 Å². The number of nitrogens with zero attached hydrogens (tertiary/aromatic N) is 4. The third-order valence-corrected chi connectivity index (χ3v) is 7.36. The summed E-state index contributed by atoms with van der Waals surface area (Å²) in [6, 6.07) is 11.6. The van der Waals surface area contributed by atoms with Gasteiger partial charge in [-0.2, -0.15) is 4.31 Å². The zero-order valence-electron chi connectivity index (χ0n) is 16.8. The van der Waals surface area contributed by atoms with E-state index in [4.69, 9.17) is 9.72 Å². The highest BCUT2D eigenvalue weighted by Gasteiger charge is 2.34. The smallest absolute Gasteiger partial charge is 0.214 e. The number of aromatic nitrogens is 3. The first-order valence-corrected chi connectivity index (χ1v) is 11.6. The molecular weight excluding hydrogens is 388 g/mol. The molecule has 3 heterocycles. The van der Waals surface area contributed by atoms with E-state index in [1.807, 2.05) is 43.3 Å². The van der Waals surface area contributed by atoms with Crippen molar-refractivity contribution in [2.24, 2.45) is 0 Å². The lowest BCUT2D eigenvalue weighted by atomic mass is 10.2. The molecule has 8 heteroatoms. The fraction of sp³-hybridized carbons (Fsp3) is 0.429. The van der Waals surface area contributed by atoms with Crippen molar-refractivity contribution in [1.82, 2.24) is 18.8 Å². The Kier molecular flexibility index (Phi) is 5.56. The van der Waals surface area contributed by atoms with E-state index in [-0.39, 0.29) is 11.8 Å². The molecule has 29 heavy (non-hydrogen) atoms. The Bertz CT molecular complexity index is 1090. The summed E-state index contributed by atoms with van der Waals surface area (Å²) in [7, 11) is -1.58. The van der Waals surface area contributed by atoms with Crippen LogP contribution < -0.4 is 4.74 Å². The Morgan fingerprint density at radius 3 is 2.72 bits per heavy atom. The molecule has 0 amide bonds. The molecule has 1 unspecified atom stereocenters. The average Bonchev–Trinajstić information content (AvgIpc) is 3.37. The number of benzene rings is 1. The molecule has 7 nitrogen and oxygen atoms in total. The molecule has 3 aromatic rings. The molecule has 2 aromatic heterocycles. The summed E-state index contributed by atoms with van der Waals surface area (Å²) < 4.78 is 34.3. The lowest BCUT2D eigenvalue weighted by Crippen LogP contribution is -2.31. The van der Waals surface area contributed by atoms with Gasteiger partial charge in [-0.25, -0.2) is 18.4 Å². The highest BCUT2D eigenvalue weighted by atomic mass is 32.2. The summed E-state index contributed by atoms with van der Waals surface area (Å²) in [5, 5.41) is 0. The van der Waals surface area contributed by atoms with Crippen molar-refractivity contribution in [3.63, 3.8) is 0 Å². The van der Waals surface area contributed by atoms with Gasteiger partial charge in [0.05, 0.1) is 18.9 Å². The first kappa shape index (κ1) is 19.8. The summed E-state index contributed by atoms with van der Waals surface area (Å²) in [6.45, 7) is 3.00. The van der Waals surface area contributed by atoms with E-state index in [1.54, 1.807) is 17.6 Å². The molecule has 1 aliphatic heterocycles. The van der Waals surface area contributed by atoms with Crippen LogP contribution >= 0.6 is 0 Å². The highest BCUT2D eigenvalue weighted by Crippen LogP contribution is 2.33. The van der Waals surface area contributed by atoms with Crippen LogP contribution in [0.1, 0.15) is 32.2 Å². The van der Waals surface area contributed by atoms with Crippen LogP contribution in [0, 0.1) is 0 Å². The number of rotatable bonds is 7. The number of imidazole rings is 1. The second-order valence-corrected chi connectivity index (χ2v) is 9.44. The normalized spacial score (nSPS) is 17.8. The third-order valence-electron chi connectivity index (χ3n) is 5.44. The van der Waals surface area contributed by atoms with Gasteiger partial charge in [0.15, 0.2) is 5.65 Å². The van der Waals surface area contributed by atoms with Crippen molar-refractivity contribution in [2.45, 2.75) is 32.2 Å². The number of unbranched alkanes of at least 4 members (excludes halogenated alkanes) is 1. The maximum absolute atomic E-state index is 12.7. The Hall–Kier alpha value is -2.45. The maximum atomic E-state index is 12.7. The minimum Gasteiger partial charge on any atom is -0.497 e. The van der Waals surface area contributed by atoms with Gasteiger partial charge in [-0.05, 0) is 49.2 Å². The van der Waals surface area contributed by atoms with Gasteiger partial charge in [0.25, 0.3) is 0 Å². The van der Waals surface area contributed by atoms with Gasteiger partial charge in [-0.1, -0.05) is 13.3 Å². The van der Waals surface area contributed by atoms with Crippen LogP contribution in [0.15, 0.2) is 42.6 Å². The van der Waals surface area contributed by atoms with Gasteiger partial charge in [0, 0.05) is 24.8 Å². The van der Waals surface area contributed by atoms with Crippen LogP contribution in [0.2, 0.25) is 0 Å². The molecule has 1 aliphatic rings. The van der Waals surface area contributed by atoms with Gasteiger partial charge in [0.2, 0.25) is 10.0 Å². The van der Waals surface area contributed by atoms with E-state index < -0.39 is 10.0 Å². The Morgan fingerprint density at radius 2 is 2.00 bits per heavy atom. The van der Waals surface area contributed by atoms with E-state index in [9.17, 15) is 8.42 Å². The second-order valence-electron chi connectivity index (χ2n) is 7.35. The fourth-order valence-corrected chi connectivity index (χ4v) is 5.54. The van der Waals surface area contributed by atoms with Crippen LogP contribution in [0.25, 0.3) is 22.6 Å². The van der Waals surface area contributed by atoms with Crippen molar-refractivity contribution in [3.05, 3.63) is 42.6 Å². The van der Waals surface area contributed by atoms with E-state index in [0.29, 0.717) is 19.5 Å². The maximum Gasteiger partial charge on any atom is 0.214 e. The number of hydrogen-bond donors (Lipinski definition) is 0. The second kappa shape index (κ2) is 8.12. The average molecular weight is 415 g/mol. The topological polar surface area (TPSA) is 77.3 Å². The number of sulfonamides is 1. The van der Waals surface area contributed by atoms with E-state index >= 15 is 0 Å². The predicted octanol–water partition coefficient (Wildman–Crippen LogP) is 3.48. The van der Waals surface area contributed by atoms with E-state index in [2.05, 4.69) is 9.55 Å². The Balaban J connectivity index is 1.71. The van der Waals surface area contributed by atoms with Gasteiger partial charge in [-0.3, -0.25) is 0 Å². The number of ether oxygens (including phenoxy) is 1. The predicted molar refractivity (Wildman–Crippen MR) is 113 cm³/mol. The lowest BCUT2D eigenvalue weighted by Gasteiger charge is -2.19. The molecular formula is C21H26N4O3S. The molecule has 0 bridgehead atoms. The van der Waals surface area contributed by atoms with Crippen molar-refractivity contribution in [2.75, 3.05) is 26.0 Å². The van der Waals surface area contributed by atoms with Crippen LogP contribution in [0.3, 0.4) is 0 Å². The summed E-state index contributed by atoms with van der Waals surface area (Å²) in [5.41, 5.74) is 2.55. The standard InChI is InChI=1S/C21H26N4O3S/c1-3-4-14-29(26,27)24-13-11-17(15-24)25-20(16-7-9-18(28-2)10-8-16)23-19-6-5-12-22-21(19)25/h5-10,12,17H,3-4,11,13-15H2,1-2H3. The Morgan fingerprint density at radius 1 is 1.21 bits per heavy atom. The van der Waals surface area contributed by atoms with Crippen LogP contribution in [0.5, 0.6) is 5.75 Å². The SMILES string of the molecule is CCCCS(=O)(=O)N1CCC(n2c(-c3ccc(OC)cc3)nc3cccnc32)C1. The number of hydrogen-bond acceptors (Lipinski definition) is 5. The van der Waals surface area contributed by atoms with Crippen molar-refractivity contribution < 1.29 is 13.2 Å². The zero-order chi connectivity index (χ0) is 20.4. The van der Waals surface area contributed by atoms with Gasteiger partial charge in [-0.15, -0.1) is 0 Å². The molecule has 4 rings (SSSR count). The van der Waals surface area contributed by atoms with Crippen molar-refractivity contribution >= 4 is 21.2 Å². The minimum atomic E-state index is -3.22. The molecule has 1 aromatic carbocycles. The van der Waals surface area contributed by atoms with Crippen LogP contribution in [-0.4, -0.2) is 53.2 Å². The fourth-order valence-electron chi connectivity index (χ4n) is 3.85. The first-order valence-electron chi connectivity index (χ1n) is 9.98. The number of fused-ring (bicyclic) bond motifs is 1.